The Morgan fingerprint density at radius 1 is 1.07 bits per heavy atom. The van der Waals surface area contributed by atoms with Crippen molar-refractivity contribution in [2.45, 2.75) is 37.6 Å². The molecule has 0 atom stereocenters. The van der Waals surface area contributed by atoms with Gasteiger partial charge in [-0.1, -0.05) is 18.2 Å². The third-order valence-electron chi connectivity index (χ3n) is 5.11. The Bertz CT molecular complexity index is 1110. The molecule has 28 heavy (non-hydrogen) atoms. The predicted octanol–water partition coefficient (Wildman–Crippen LogP) is 3.19. The van der Waals surface area contributed by atoms with E-state index in [0.29, 0.717) is 5.52 Å². The number of pyridine rings is 2. The summed E-state index contributed by atoms with van der Waals surface area (Å²) in [5.41, 5.74) is 2.51. The van der Waals surface area contributed by atoms with Crippen LogP contribution in [-0.2, 0) is 10.0 Å². The number of nitrogens with zero attached hydrogens (tertiary/aromatic N) is 3. The molecule has 1 aliphatic heterocycles. The Labute approximate surface area is 165 Å². The zero-order valence-corrected chi connectivity index (χ0v) is 16.9. The van der Waals surface area contributed by atoms with Gasteiger partial charge >= 0.3 is 0 Å². The van der Waals surface area contributed by atoms with E-state index in [-0.39, 0.29) is 10.9 Å². The van der Waals surface area contributed by atoms with Gasteiger partial charge in [-0.25, -0.2) is 18.1 Å². The highest BCUT2D eigenvalue weighted by Gasteiger charge is 2.26. The predicted molar refractivity (Wildman–Crippen MR) is 111 cm³/mol. The molecule has 0 aliphatic carbocycles. The van der Waals surface area contributed by atoms with Crippen molar-refractivity contribution >= 4 is 26.7 Å². The number of aromatic nitrogens is 2. The number of hydrogen-bond acceptors (Lipinski definition) is 5. The summed E-state index contributed by atoms with van der Waals surface area (Å²) in [5, 5.41) is 0.836. The third-order valence-corrected chi connectivity index (χ3v) is 6.67. The lowest BCUT2D eigenvalue weighted by Gasteiger charge is -2.33. The second-order valence-electron chi connectivity index (χ2n) is 7.36. The molecule has 1 aliphatic rings. The lowest BCUT2D eigenvalue weighted by Crippen LogP contribution is -2.45. The number of nitrogens with one attached hydrogen (secondary N) is 1. The molecule has 0 amide bonds. The minimum atomic E-state index is -3.63. The minimum Gasteiger partial charge on any atom is -0.356 e. The van der Waals surface area contributed by atoms with E-state index in [2.05, 4.69) is 19.6 Å². The highest BCUT2D eigenvalue weighted by Crippen LogP contribution is 2.24. The van der Waals surface area contributed by atoms with Crippen LogP contribution < -0.4 is 9.62 Å². The standard InChI is InChI=1S/C21H24N4O2S/c1-15-13-17-6-4-7-19(21(17)22-14-15)28(26,27)24-18-9-11-25(12-10-18)20-8-3-5-16(2)23-20/h3-8,13-14,18,24H,9-12H2,1-2H3. The molecule has 0 unspecified atom stereocenters. The van der Waals surface area contributed by atoms with E-state index in [1.165, 1.54) is 0 Å². The van der Waals surface area contributed by atoms with E-state index in [1.54, 1.807) is 18.3 Å². The summed E-state index contributed by atoms with van der Waals surface area (Å²) in [5.74, 6) is 0.954. The Kier molecular flexibility index (Phi) is 5.03. The second kappa shape index (κ2) is 7.48. The Hall–Kier alpha value is -2.51. The molecule has 0 radical (unpaired) electrons. The highest BCUT2D eigenvalue weighted by molar-refractivity contribution is 7.89. The fraction of sp³-hybridized carbons (Fsp3) is 0.333. The van der Waals surface area contributed by atoms with Gasteiger partial charge in [-0.15, -0.1) is 0 Å². The second-order valence-corrected chi connectivity index (χ2v) is 9.04. The average molecular weight is 397 g/mol. The van der Waals surface area contributed by atoms with Gasteiger partial charge in [-0.2, -0.15) is 0 Å². The van der Waals surface area contributed by atoms with Gasteiger partial charge in [0.2, 0.25) is 10.0 Å². The van der Waals surface area contributed by atoms with Crippen molar-refractivity contribution in [3.8, 4) is 0 Å². The van der Waals surface area contributed by atoms with Crippen molar-refractivity contribution in [3.63, 3.8) is 0 Å². The van der Waals surface area contributed by atoms with Gasteiger partial charge in [0, 0.05) is 36.4 Å². The van der Waals surface area contributed by atoms with Crippen molar-refractivity contribution < 1.29 is 8.42 Å². The van der Waals surface area contributed by atoms with Crippen LogP contribution in [0.3, 0.4) is 0 Å². The molecule has 0 bridgehead atoms. The van der Waals surface area contributed by atoms with Crippen LogP contribution >= 0.6 is 0 Å². The minimum absolute atomic E-state index is 0.0910. The van der Waals surface area contributed by atoms with E-state index in [0.717, 1.165) is 48.4 Å². The topological polar surface area (TPSA) is 75.2 Å². The van der Waals surface area contributed by atoms with Crippen LogP contribution in [0.25, 0.3) is 10.9 Å². The fourth-order valence-corrected chi connectivity index (χ4v) is 5.16. The highest BCUT2D eigenvalue weighted by atomic mass is 32.2. The molecular weight excluding hydrogens is 372 g/mol. The molecule has 3 heterocycles. The van der Waals surface area contributed by atoms with E-state index in [4.69, 9.17) is 0 Å². The van der Waals surface area contributed by atoms with Gasteiger partial charge in [0.15, 0.2) is 0 Å². The normalized spacial score (nSPS) is 15.9. The van der Waals surface area contributed by atoms with Crippen LogP contribution in [0.1, 0.15) is 24.1 Å². The quantitative estimate of drug-likeness (QED) is 0.733. The zero-order valence-electron chi connectivity index (χ0n) is 16.1. The maximum atomic E-state index is 13.0. The number of sulfonamides is 1. The van der Waals surface area contributed by atoms with Crippen molar-refractivity contribution in [2.75, 3.05) is 18.0 Å². The summed E-state index contributed by atoms with van der Waals surface area (Å²) in [7, 11) is -3.63. The van der Waals surface area contributed by atoms with E-state index in [1.807, 2.05) is 44.2 Å². The summed E-state index contributed by atoms with van der Waals surface area (Å²) in [4.78, 5) is 11.4. The number of rotatable bonds is 4. The SMILES string of the molecule is Cc1cnc2c(S(=O)(=O)NC3CCN(c4cccc(C)n4)CC3)cccc2c1. The first-order valence-electron chi connectivity index (χ1n) is 9.49. The van der Waals surface area contributed by atoms with Crippen LogP contribution in [0.4, 0.5) is 5.82 Å². The number of anilines is 1. The summed E-state index contributed by atoms with van der Waals surface area (Å²) in [6.45, 7) is 5.47. The first-order valence-corrected chi connectivity index (χ1v) is 11.0. The first kappa shape index (κ1) is 18.8. The molecule has 6 nitrogen and oxygen atoms in total. The van der Waals surface area contributed by atoms with Crippen LogP contribution in [-0.4, -0.2) is 37.5 Å². The summed E-state index contributed by atoms with van der Waals surface area (Å²) >= 11 is 0. The van der Waals surface area contributed by atoms with Gasteiger partial charge in [0.1, 0.15) is 10.7 Å². The smallest absolute Gasteiger partial charge is 0.242 e. The van der Waals surface area contributed by atoms with Crippen molar-refractivity contribution in [3.05, 3.63) is 59.9 Å². The van der Waals surface area contributed by atoms with Crippen molar-refractivity contribution in [1.82, 2.24) is 14.7 Å². The number of piperidine rings is 1. The fourth-order valence-electron chi connectivity index (χ4n) is 3.67. The Morgan fingerprint density at radius 2 is 1.82 bits per heavy atom. The molecular formula is C21H24N4O2S. The molecule has 0 saturated carbocycles. The zero-order chi connectivity index (χ0) is 19.7. The molecule has 1 fully saturated rings. The third kappa shape index (κ3) is 3.86. The monoisotopic (exact) mass is 396 g/mol. The molecule has 0 spiro atoms. The van der Waals surface area contributed by atoms with E-state index in [9.17, 15) is 8.42 Å². The lowest BCUT2D eigenvalue weighted by molar-refractivity contribution is 0.458. The van der Waals surface area contributed by atoms with E-state index < -0.39 is 10.0 Å². The van der Waals surface area contributed by atoms with E-state index >= 15 is 0 Å². The lowest BCUT2D eigenvalue weighted by atomic mass is 10.1. The van der Waals surface area contributed by atoms with Crippen molar-refractivity contribution in [2.24, 2.45) is 0 Å². The molecule has 1 saturated heterocycles. The summed E-state index contributed by atoms with van der Waals surface area (Å²) in [6.07, 6.45) is 3.19. The number of para-hydroxylation sites is 1. The van der Waals surface area contributed by atoms with Crippen LogP contribution in [0.5, 0.6) is 0 Å². The molecule has 1 aromatic carbocycles. The molecule has 3 aromatic rings. The van der Waals surface area contributed by atoms with Crippen LogP contribution in [0.2, 0.25) is 0 Å². The Morgan fingerprint density at radius 3 is 2.57 bits per heavy atom. The van der Waals surface area contributed by atoms with Crippen LogP contribution in [0, 0.1) is 13.8 Å². The van der Waals surface area contributed by atoms with Crippen LogP contribution in [0.15, 0.2) is 53.6 Å². The van der Waals surface area contributed by atoms with Gasteiger partial charge in [-0.05, 0) is 56.5 Å². The molecule has 4 rings (SSSR count). The van der Waals surface area contributed by atoms with Crippen molar-refractivity contribution in [1.29, 1.82) is 0 Å². The number of benzene rings is 1. The molecule has 146 valence electrons. The molecule has 7 heteroatoms. The Balaban J connectivity index is 1.49. The number of fused-ring (bicyclic) bond motifs is 1. The van der Waals surface area contributed by atoms with Gasteiger partial charge in [0.25, 0.3) is 0 Å². The van der Waals surface area contributed by atoms with Gasteiger partial charge in [-0.3, -0.25) is 4.98 Å². The summed E-state index contributed by atoms with van der Waals surface area (Å²) in [6, 6.07) is 13.1. The molecule has 2 aromatic heterocycles. The maximum Gasteiger partial charge on any atom is 0.242 e. The average Bonchev–Trinajstić information content (AvgIpc) is 2.67. The number of hydrogen-bond donors (Lipinski definition) is 1. The van der Waals surface area contributed by atoms with Gasteiger partial charge in [0.05, 0.1) is 5.52 Å². The first-order chi connectivity index (χ1) is 13.4. The number of aryl methyl sites for hydroxylation is 2. The largest absolute Gasteiger partial charge is 0.356 e. The van der Waals surface area contributed by atoms with Gasteiger partial charge < -0.3 is 4.90 Å². The maximum absolute atomic E-state index is 13.0. The summed E-state index contributed by atoms with van der Waals surface area (Å²) < 4.78 is 28.9. The molecule has 1 N–H and O–H groups in total.